The second kappa shape index (κ2) is 6.97. The van der Waals surface area contributed by atoms with E-state index in [2.05, 4.69) is 83.0 Å². The topological polar surface area (TPSA) is 9.23 Å². The Balaban J connectivity index is 2.53. The lowest BCUT2D eigenvalue weighted by Gasteiger charge is -2.20. The van der Waals surface area contributed by atoms with Gasteiger partial charge in [0, 0.05) is 10.0 Å². The SMILES string of the molecule is CCc1ccc(C(Br)c2c(C)c(Br)cc(C)c2OC)cc1. The summed E-state index contributed by atoms with van der Waals surface area (Å²) in [5.74, 6) is 0.956. The fourth-order valence-electron chi connectivity index (χ4n) is 2.54. The lowest BCUT2D eigenvalue weighted by Crippen LogP contribution is -2.03. The summed E-state index contributed by atoms with van der Waals surface area (Å²) in [6.07, 6.45) is 1.06. The van der Waals surface area contributed by atoms with Gasteiger partial charge in [-0.15, -0.1) is 0 Å². The molecule has 3 heteroatoms. The molecule has 0 heterocycles. The van der Waals surface area contributed by atoms with Gasteiger partial charge in [-0.3, -0.25) is 0 Å². The maximum Gasteiger partial charge on any atom is 0.126 e. The Morgan fingerprint density at radius 3 is 2.29 bits per heavy atom. The van der Waals surface area contributed by atoms with Crippen LogP contribution in [0, 0.1) is 13.8 Å². The van der Waals surface area contributed by atoms with Crippen LogP contribution in [-0.2, 0) is 6.42 Å². The van der Waals surface area contributed by atoms with E-state index in [4.69, 9.17) is 4.74 Å². The monoisotopic (exact) mass is 410 g/mol. The first kappa shape index (κ1) is 16.6. The molecule has 1 unspecified atom stereocenters. The van der Waals surface area contributed by atoms with Crippen molar-refractivity contribution in [3.8, 4) is 5.75 Å². The zero-order valence-corrected chi connectivity index (χ0v) is 16.0. The molecule has 0 N–H and O–H groups in total. The lowest BCUT2D eigenvalue weighted by molar-refractivity contribution is 0.406. The van der Waals surface area contributed by atoms with Gasteiger partial charge in [-0.2, -0.15) is 0 Å². The van der Waals surface area contributed by atoms with E-state index in [9.17, 15) is 0 Å². The van der Waals surface area contributed by atoms with Crippen LogP contribution < -0.4 is 4.74 Å². The molecule has 0 saturated carbocycles. The third kappa shape index (κ3) is 3.35. The summed E-state index contributed by atoms with van der Waals surface area (Å²) in [5.41, 5.74) is 6.13. The summed E-state index contributed by atoms with van der Waals surface area (Å²) in [4.78, 5) is 0.120. The standard InChI is InChI=1S/C18H20Br2O/c1-5-13-6-8-14(9-7-13)17(20)16-12(3)15(19)10-11(2)18(16)21-4/h6-10,17H,5H2,1-4H3. The highest BCUT2D eigenvalue weighted by Gasteiger charge is 2.21. The molecule has 0 aliphatic heterocycles. The van der Waals surface area contributed by atoms with Crippen molar-refractivity contribution in [3.05, 3.63) is 62.6 Å². The zero-order valence-electron chi connectivity index (χ0n) is 12.8. The van der Waals surface area contributed by atoms with E-state index >= 15 is 0 Å². The van der Waals surface area contributed by atoms with Crippen molar-refractivity contribution >= 4 is 31.9 Å². The summed E-state index contributed by atoms with van der Waals surface area (Å²) >= 11 is 7.50. The maximum absolute atomic E-state index is 5.65. The predicted octanol–water partition coefficient (Wildman–Crippen LogP) is 6.12. The van der Waals surface area contributed by atoms with E-state index in [0.29, 0.717) is 0 Å². The predicted molar refractivity (Wildman–Crippen MR) is 96.8 cm³/mol. The van der Waals surface area contributed by atoms with Gasteiger partial charge in [-0.25, -0.2) is 0 Å². The van der Waals surface area contributed by atoms with Gasteiger partial charge in [0.25, 0.3) is 0 Å². The number of aryl methyl sites for hydroxylation is 2. The molecule has 0 amide bonds. The normalized spacial score (nSPS) is 12.3. The molecule has 0 fully saturated rings. The second-order valence-electron chi connectivity index (χ2n) is 5.20. The molecule has 0 aromatic heterocycles. The summed E-state index contributed by atoms with van der Waals surface area (Å²) in [5, 5.41) is 0. The Morgan fingerprint density at radius 2 is 1.76 bits per heavy atom. The summed E-state index contributed by atoms with van der Waals surface area (Å²) in [7, 11) is 1.74. The highest BCUT2D eigenvalue weighted by molar-refractivity contribution is 9.10. The minimum atomic E-state index is 0.120. The first-order valence-corrected chi connectivity index (χ1v) is 8.76. The van der Waals surface area contributed by atoms with Gasteiger partial charge in [0.15, 0.2) is 0 Å². The van der Waals surface area contributed by atoms with Crippen LogP contribution in [0.1, 0.15) is 39.6 Å². The number of halogens is 2. The zero-order chi connectivity index (χ0) is 15.6. The van der Waals surface area contributed by atoms with Gasteiger partial charge < -0.3 is 4.74 Å². The van der Waals surface area contributed by atoms with Gasteiger partial charge in [0.05, 0.1) is 11.9 Å². The molecule has 2 aromatic carbocycles. The first-order valence-electron chi connectivity index (χ1n) is 7.06. The number of ether oxygens (including phenoxy) is 1. The Labute approximate surface area is 144 Å². The molecule has 112 valence electrons. The van der Waals surface area contributed by atoms with Crippen LogP contribution >= 0.6 is 31.9 Å². The van der Waals surface area contributed by atoms with Crippen LogP contribution in [0.2, 0.25) is 0 Å². The summed E-state index contributed by atoms with van der Waals surface area (Å²) in [6, 6.07) is 10.9. The molecule has 2 aromatic rings. The maximum atomic E-state index is 5.65. The molecule has 1 atom stereocenters. The molecule has 2 rings (SSSR count). The molecule has 0 bridgehead atoms. The highest BCUT2D eigenvalue weighted by Crippen LogP contribution is 2.42. The van der Waals surface area contributed by atoms with E-state index in [-0.39, 0.29) is 4.83 Å². The van der Waals surface area contributed by atoms with Crippen LogP contribution in [0.3, 0.4) is 0 Å². The number of alkyl halides is 1. The van der Waals surface area contributed by atoms with E-state index < -0.39 is 0 Å². The van der Waals surface area contributed by atoms with Gasteiger partial charge in [-0.1, -0.05) is 63.0 Å². The average molecular weight is 412 g/mol. The van der Waals surface area contributed by atoms with Crippen molar-refractivity contribution in [3.63, 3.8) is 0 Å². The minimum Gasteiger partial charge on any atom is -0.496 e. The number of hydrogen-bond donors (Lipinski definition) is 0. The molecule has 0 aliphatic rings. The van der Waals surface area contributed by atoms with Crippen LogP contribution in [0.25, 0.3) is 0 Å². The molecule has 0 saturated heterocycles. The summed E-state index contributed by atoms with van der Waals surface area (Å²) in [6.45, 7) is 6.37. The lowest BCUT2D eigenvalue weighted by atomic mass is 9.96. The quantitative estimate of drug-likeness (QED) is 0.550. The van der Waals surface area contributed by atoms with Gasteiger partial charge in [0.1, 0.15) is 5.75 Å². The number of methoxy groups -OCH3 is 1. The van der Waals surface area contributed by atoms with E-state index in [1.807, 2.05) is 0 Å². The van der Waals surface area contributed by atoms with Crippen LogP contribution in [0.15, 0.2) is 34.8 Å². The van der Waals surface area contributed by atoms with Crippen LogP contribution in [0.5, 0.6) is 5.75 Å². The minimum absolute atomic E-state index is 0.120. The van der Waals surface area contributed by atoms with Crippen molar-refractivity contribution in [1.82, 2.24) is 0 Å². The fourth-order valence-corrected chi connectivity index (χ4v) is 3.95. The van der Waals surface area contributed by atoms with Crippen molar-refractivity contribution < 1.29 is 4.74 Å². The molecule has 0 spiro atoms. The summed E-state index contributed by atoms with van der Waals surface area (Å²) < 4.78 is 6.76. The van der Waals surface area contributed by atoms with Crippen molar-refractivity contribution in [2.45, 2.75) is 32.0 Å². The number of benzene rings is 2. The van der Waals surface area contributed by atoms with E-state index in [0.717, 1.165) is 22.2 Å². The average Bonchev–Trinajstić information content (AvgIpc) is 2.50. The molecular weight excluding hydrogens is 392 g/mol. The van der Waals surface area contributed by atoms with Gasteiger partial charge in [0.2, 0.25) is 0 Å². The van der Waals surface area contributed by atoms with Gasteiger partial charge >= 0.3 is 0 Å². The third-order valence-corrected chi connectivity index (χ3v) is 5.66. The molecule has 0 radical (unpaired) electrons. The number of rotatable bonds is 4. The van der Waals surface area contributed by atoms with Crippen molar-refractivity contribution in [1.29, 1.82) is 0 Å². The Bertz CT molecular complexity index is 633. The van der Waals surface area contributed by atoms with Crippen LogP contribution in [0.4, 0.5) is 0 Å². The third-order valence-electron chi connectivity index (χ3n) is 3.85. The second-order valence-corrected chi connectivity index (χ2v) is 6.97. The van der Waals surface area contributed by atoms with E-state index in [1.165, 1.54) is 22.3 Å². The Hall–Kier alpha value is -0.800. The molecule has 21 heavy (non-hydrogen) atoms. The Kier molecular flexibility index (Phi) is 5.50. The molecular formula is C18H20Br2O. The largest absolute Gasteiger partial charge is 0.496 e. The smallest absolute Gasteiger partial charge is 0.126 e. The first-order chi connectivity index (χ1) is 9.99. The van der Waals surface area contributed by atoms with Crippen molar-refractivity contribution in [2.75, 3.05) is 7.11 Å². The highest BCUT2D eigenvalue weighted by atomic mass is 79.9. The van der Waals surface area contributed by atoms with Crippen LogP contribution in [-0.4, -0.2) is 7.11 Å². The molecule has 1 nitrogen and oxygen atoms in total. The molecule has 0 aliphatic carbocycles. The van der Waals surface area contributed by atoms with Gasteiger partial charge in [-0.05, 0) is 48.6 Å². The fraction of sp³-hybridized carbons (Fsp3) is 0.333. The number of hydrogen-bond acceptors (Lipinski definition) is 1. The van der Waals surface area contributed by atoms with Crippen molar-refractivity contribution in [2.24, 2.45) is 0 Å². The Morgan fingerprint density at radius 1 is 1.14 bits per heavy atom. The van der Waals surface area contributed by atoms with E-state index in [1.54, 1.807) is 7.11 Å².